The topological polar surface area (TPSA) is 106 Å². The molecular weight excluding hydrogens is 687 g/mol. The van der Waals surface area contributed by atoms with Crippen LogP contribution in [0.5, 0.6) is 17.4 Å². The molecule has 4 heterocycles. The number of aliphatic hydroxyl groups excluding tert-OH is 1. The van der Waals surface area contributed by atoms with E-state index in [1.165, 1.54) is 6.33 Å². The Morgan fingerprint density at radius 3 is 2.06 bits per heavy atom. The molecule has 53 heavy (non-hydrogen) atoms. The Balaban J connectivity index is 1.32. The third-order valence-electron chi connectivity index (χ3n) is 11.2. The fourth-order valence-corrected chi connectivity index (χ4v) is 8.51. The number of aromatic nitrogens is 3. The second-order valence-electron chi connectivity index (χ2n) is 15.6. The van der Waals surface area contributed by atoms with Crippen molar-refractivity contribution in [3.63, 3.8) is 0 Å². The molecule has 0 bridgehead atoms. The Morgan fingerprint density at radius 2 is 1.47 bits per heavy atom. The van der Waals surface area contributed by atoms with Crippen molar-refractivity contribution >= 4 is 19.4 Å². The van der Waals surface area contributed by atoms with Crippen LogP contribution in [-0.4, -0.2) is 73.2 Å². The van der Waals surface area contributed by atoms with E-state index >= 15 is 0 Å². The Hall–Kier alpha value is -4.26. The van der Waals surface area contributed by atoms with Gasteiger partial charge >= 0.3 is 0 Å². The number of methoxy groups -OCH3 is 2. The zero-order chi connectivity index (χ0) is 37.5. The van der Waals surface area contributed by atoms with Gasteiger partial charge in [-0.2, -0.15) is 0 Å². The normalized spacial score (nSPS) is 22.0. The number of hydrogen-bond acceptors (Lipinski definition) is 9. The van der Waals surface area contributed by atoms with Crippen molar-refractivity contribution in [3.05, 3.63) is 114 Å². The van der Waals surface area contributed by atoms with E-state index in [1.807, 2.05) is 71.3 Å². The summed E-state index contributed by atoms with van der Waals surface area (Å²) in [5.41, 5.74) is 3.39. The maximum Gasteiger partial charge on any atom is 0.226 e. The van der Waals surface area contributed by atoms with Gasteiger partial charge in [0.25, 0.3) is 0 Å². The number of benzene rings is 3. The molecule has 11 heteroatoms. The van der Waals surface area contributed by atoms with Crippen molar-refractivity contribution in [2.24, 2.45) is 0 Å². The number of hydrogen-bond donors (Lipinski definition) is 1. The third kappa shape index (κ3) is 6.85. The average molecular weight is 738 g/mol. The van der Waals surface area contributed by atoms with Gasteiger partial charge in [-0.15, -0.1) is 0 Å². The van der Waals surface area contributed by atoms with Crippen LogP contribution in [0.4, 0.5) is 0 Å². The zero-order valence-electron chi connectivity index (χ0n) is 31.9. The summed E-state index contributed by atoms with van der Waals surface area (Å²) in [6, 6.07) is 25.9. The summed E-state index contributed by atoms with van der Waals surface area (Å²) >= 11 is 0. The lowest BCUT2D eigenvalue weighted by Gasteiger charge is -2.40. The molecule has 5 aromatic rings. The molecule has 2 aliphatic heterocycles. The fourth-order valence-electron chi connectivity index (χ4n) is 7.22. The van der Waals surface area contributed by atoms with E-state index in [-0.39, 0.29) is 17.7 Å². The molecule has 2 aromatic heterocycles. The maximum absolute atomic E-state index is 12.3. The molecule has 0 spiro atoms. The van der Waals surface area contributed by atoms with E-state index in [0.717, 1.165) is 52.0 Å². The maximum atomic E-state index is 12.3. The monoisotopic (exact) mass is 737 g/mol. The Kier molecular flexibility index (Phi) is 10.2. The standard InChI is InChI=1S/C42H51N3O7Si/c1-27-14-15-28-24-45(38-35(28)39(50-27)44-26-43-38)40-37(52-53(7,8)41(2,3)4)36(46)34(51-40)25-49-42(29-12-10-9-11-13-29,30-16-20-32(47-5)21-17-30)31-18-22-33(48-6)23-19-31/h9-13,16-24,26-27,34,36-37,40,46H,14-15,25H2,1-8H3/t27-,34+,36+,37+,40+/m0/s1. The SMILES string of the molecule is COc1ccc(C(OC[C@H]2O[C@@H](n3cc4c5c(ncnc53)O[C@@H](C)CC4)[C@H](O[Si](C)(C)C(C)(C)C)[C@@H]2O)(c2ccccc2)c2ccc(OC)cc2)cc1. The van der Waals surface area contributed by atoms with Crippen LogP contribution < -0.4 is 14.2 Å². The van der Waals surface area contributed by atoms with Crippen LogP contribution in [0.25, 0.3) is 11.0 Å². The van der Waals surface area contributed by atoms with Crippen LogP contribution >= 0.6 is 0 Å². The van der Waals surface area contributed by atoms with E-state index < -0.39 is 38.5 Å². The van der Waals surface area contributed by atoms with Crippen LogP contribution in [0, 0.1) is 0 Å². The summed E-state index contributed by atoms with van der Waals surface area (Å²) in [7, 11) is 0.894. The minimum Gasteiger partial charge on any atom is -0.497 e. The van der Waals surface area contributed by atoms with Gasteiger partial charge in [-0.25, -0.2) is 9.97 Å². The van der Waals surface area contributed by atoms with Crippen molar-refractivity contribution in [1.82, 2.24) is 14.5 Å². The van der Waals surface area contributed by atoms with Crippen molar-refractivity contribution in [2.75, 3.05) is 20.8 Å². The van der Waals surface area contributed by atoms with Gasteiger partial charge in [0.2, 0.25) is 5.88 Å². The highest BCUT2D eigenvalue weighted by atomic mass is 28.4. The number of aliphatic hydroxyl groups is 1. The Labute approximate surface area is 313 Å². The van der Waals surface area contributed by atoms with Crippen LogP contribution in [-0.2, 0) is 25.9 Å². The van der Waals surface area contributed by atoms with Crippen molar-refractivity contribution < 1.29 is 33.2 Å². The predicted octanol–water partition coefficient (Wildman–Crippen LogP) is 7.82. The largest absolute Gasteiger partial charge is 0.497 e. The third-order valence-corrected chi connectivity index (χ3v) is 15.7. The van der Waals surface area contributed by atoms with Crippen LogP contribution in [0.3, 0.4) is 0 Å². The highest BCUT2D eigenvalue weighted by molar-refractivity contribution is 6.74. The molecule has 1 N–H and O–H groups in total. The van der Waals surface area contributed by atoms with E-state index in [4.69, 9.17) is 33.1 Å². The second kappa shape index (κ2) is 14.5. The van der Waals surface area contributed by atoms with E-state index in [0.29, 0.717) is 11.5 Å². The summed E-state index contributed by atoms with van der Waals surface area (Å²) in [5.74, 6) is 2.04. The smallest absolute Gasteiger partial charge is 0.226 e. The first-order valence-electron chi connectivity index (χ1n) is 18.4. The van der Waals surface area contributed by atoms with Crippen LogP contribution in [0.15, 0.2) is 91.4 Å². The molecule has 7 rings (SSSR count). The lowest BCUT2D eigenvalue weighted by Crippen LogP contribution is -2.49. The fraction of sp³-hybridized carbons (Fsp3) is 0.429. The minimum absolute atomic E-state index is 0.0379. The van der Waals surface area contributed by atoms with Crippen LogP contribution in [0.1, 0.15) is 62.6 Å². The highest BCUT2D eigenvalue weighted by Gasteiger charge is 2.52. The Morgan fingerprint density at radius 1 is 0.868 bits per heavy atom. The average Bonchev–Trinajstić information content (AvgIpc) is 3.62. The summed E-state index contributed by atoms with van der Waals surface area (Å²) < 4.78 is 40.5. The van der Waals surface area contributed by atoms with Crippen molar-refractivity contribution in [1.29, 1.82) is 0 Å². The molecule has 1 fully saturated rings. The molecule has 280 valence electrons. The minimum atomic E-state index is -2.41. The van der Waals surface area contributed by atoms with Gasteiger partial charge in [-0.05, 0) is 84.4 Å². The molecule has 3 aromatic carbocycles. The molecule has 0 saturated carbocycles. The molecule has 0 unspecified atom stereocenters. The summed E-state index contributed by atoms with van der Waals surface area (Å²) in [6.07, 6.45) is 2.17. The van der Waals surface area contributed by atoms with Gasteiger partial charge in [0.05, 0.1) is 32.3 Å². The summed E-state index contributed by atoms with van der Waals surface area (Å²) in [4.78, 5) is 9.23. The molecule has 10 nitrogen and oxygen atoms in total. The van der Waals surface area contributed by atoms with Gasteiger partial charge in [0.1, 0.15) is 47.4 Å². The quantitative estimate of drug-likeness (QED) is 0.107. The molecule has 0 radical (unpaired) electrons. The van der Waals surface area contributed by atoms with Crippen LogP contribution in [0.2, 0.25) is 18.1 Å². The molecule has 5 atom stereocenters. The molecule has 0 amide bonds. The summed E-state index contributed by atoms with van der Waals surface area (Å²) in [6.45, 7) is 13.1. The molecular formula is C42H51N3O7Si. The van der Waals surface area contributed by atoms with Gasteiger partial charge in [-0.1, -0.05) is 75.4 Å². The number of ether oxygens (including phenoxy) is 5. The Bertz CT molecular complexity index is 1960. The van der Waals surface area contributed by atoms with E-state index in [2.05, 4.69) is 64.1 Å². The summed E-state index contributed by atoms with van der Waals surface area (Å²) in [5, 5.41) is 13.1. The first-order valence-corrected chi connectivity index (χ1v) is 21.3. The van der Waals surface area contributed by atoms with Gasteiger partial charge < -0.3 is 37.8 Å². The van der Waals surface area contributed by atoms with Gasteiger partial charge in [-0.3, -0.25) is 0 Å². The lowest BCUT2D eigenvalue weighted by molar-refractivity contribution is -0.0939. The van der Waals surface area contributed by atoms with Gasteiger partial charge in [0, 0.05) is 6.20 Å². The molecule has 0 aliphatic carbocycles. The zero-order valence-corrected chi connectivity index (χ0v) is 32.9. The predicted molar refractivity (Wildman–Crippen MR) is 206 cm³/mol. The van der Waals surface area contributed by atoms with Gasteiger partial charge in [0.15, 0.2) is 14.5 Å². The molecule has 2 aliphatic rings. The second-order valence-corrected chi connectivity index (χ2v) is 20.4. The van der Waals surface area contributed by atoms with E-state index in [9.17, 15) is 5.11 Å². The van der Waals surface area contributed by atoms with E-state index in [1.54, 1.807) is 14.2 Å². The first kappa shape index (κ1) is 37.1. The number of aryl methyl sites for hydroxylation is 1. The van der Waals surface area contributed by atoms with Crippen molar-refractivity contribution in [3.8, 4) is 17.4 Å². The number of nitrogens with zero attached hydrogens (tertiary/aromatic N) is 3. The number of rotatable bonds is 11. The first-order chi connectivity index (χ1) is 25.4. The van der Waals surface area contributed by atoms with Crippen molar-refractivity contribution in [2.45, 2.75) is 94.9 Å². The lowest BCUT2D eigenvalue weighted by atomic mass is 9.80. The highest BCUT2D eigenvalue weighted by Crippen LogP contribution is 2.46. The molecule has 1 saturated heterocycles.